The fraction of sp³-hybridized carbons (Fsp3) is 0.235. The molecule has 0 atom stereocenters. The van der Waals surface area contributed by atoms with Crippen molar-refractivity contribution in [3.63, 3.8) is 0 Å². The van der Waals surface area contributed by atoms with Gasteiger partial charge in [-0.2, -0.15) is 0 Å². The molecule has 0 fully saturated rings. The maximum atomic E-state index is 5.94. The first-order valence-electron chi connectivity index (χ1n) is 7.07. The number of hydrogen-bond donors (Lipinski definition) is 1. The molecule has 0 spiro atoms. The van der Waals surface area contributed by atoms with Crippen molar-refractivity contribution in [1.82, 2.24) is 9.55 Å². The molecule has 2 N–H and O–H groups in total. The Bertz CT molecular complexity index is 805. The van der Waals surface area contributed by atoms with Crippen LogP contribution in [0.3, 0.4) is 0 Å². The average Bonchev–Trinajstić information content (AvgIpc) is 2.85. The number of aromatic nitrogens is 2. The Balaban J connectivity index is 2.16. The molecular weight excluding hydrogens is 262 g/mol. The van der Waals surface area contributed by atoms with E-state index in [1.165, 1.54) is 11.1 Å². The molecule has 0 bridgehead atoms. The van der Waals surface area contributed by atoms with E-state index < -0.39 is 0 Å². The molecule has 0 unspecified atom stereocenters. The van der Waals surface area contributed by atoms with E-state index in [0.29, 0.717) is 18.0 Å². The van der Waals surface area contributed by atoms with Gasteiger partial charge in [0.05, 0.1) is 29.0 Å². The van der Waals surface area contributed by atoms with Crippen LogP contribution in [-0.4, -0.2) is 16.2 Å². The summed E-state index contributed by atoms with van der Waals surface area (Å²) in [5.74, 6) is 0.709. The highest BCUT2D eigenvalue weighted by atomic mass is 16.5. The summed E-state index contributed by atoms with van der Waals surface area (Å²) in [6, 6.07) is 10.1. The summed E-state index contributed by atoms with van der Waals surface area (Å²) in [5, 5.41) is 0. The number of benzene rings is 2. The number of aryl methyl sites for hydroxylation is 2. The van der Waals surface area contributed by atoms with Crippen molar-refractivity contribution >= 4 is 16.7 Å². The third-order valence-corrected chi connectivity index (χ3v) is 3.74. The van der Waals surface area contributed by atoms with Crippen LogP contribution in [0.25, 0.3) is 16.7 Å². The zero-order valence-electron chi connectivity index (χ0n) is 12.6. The quantitative estimate of drug-likeness (QED) is 0.746. The zero-order chi connectivity index (χ0) is 15.0. The summed E-state index contributed by atoms with van der Waals surface area (Å²) in [5.41, 5.74) is 12.2. The highest BCUT2D eigenvalue weighted by molar-refractivity contribution is 5.79. The minimum atomic E-state index is 0.594. The SMILES string of the molecule is CCOc1cc(-n2cnc3cc(C)c(C)cc32)ccc1N. The summed E-state index contributed by atoms with van der Waals surface area (Å²) in [6.45, 7) is 6.76. The molecule has 0 aliphatic carbocycles. The van der Waals surface area contributed by atoms with Crippen LogP contribution in [0.2, 0.25) is 0 Å². The first-order chi connectivity index (χ1) is 10.1. The second-order valence-electron chi connectivity index (χ2n) is 5.19. The van der Waals surface area contributed by atoms with Crippen LogP contribution in [0.15, 0.2) is 36.7 Å². The number of nitrogen functional groups attached to an aromatic ring is 1. The van der Waals surface area contributed by atoms with Gasteiger partial charge < -0.3 is 10.5 Å². The van der Waals surface area contributed by atoms with Gasteiger partial charge in [0.1, 0.15) is 12.1 Å². The molecule has 4 heteroatoms. The van der Waals surface area contributed by atoms with Gasteiger partial charge in [0.15, 0.2) is 0 Å². The summed E-state index contributed by atoms with van der Waals surface area (Å²) in [7, 11) is 0. The van der Waals surface area contributed by atoms with Gasteiger partial charge in [-0.1, -0.05) is 0 Å². The van der Waals surface area contributed by atoms with Crippen molar-refractivity contribution in [2.75, 3.05) is 12.3 Å². The molecule has 0 aliphatic rings. The Kier molecular flexibility index (Phi) is 3.29. The normalized spacial score (nSPS) is 11.0. The average molecular weight is 281 g/mol. The van der Waals surface area contributed by atoms with Crippen LogP contribution >= 0.6 is 0 Å². The molecule has 2 aromatic carbocycles. The molecule has 1 aromatic heterocycles. The summed E-state index contributed by atoms with van der Waals surface area (Å²) >= 11 is 0. The van der Waals surface area contributed by atoms with Gasteiger partial charge in [-0.3, -0.25) is 4.57 Å². The van der Waals surface area contributed by atoms with Gasteiger partial charge >= 0.3 is 0 Å². The standard InChI is InChI=1S/C17H19N3O/c1-4-21-17-9-13(5-6-14(17)18)20-10-19-15-7-11(2)12(3)8-16(15)20/h5-10H,4,18H2,1-3H3. The van der Waals surface area contributed by atoms with E-state index in [1.807, 2.05) is 31.5 Å². The molecule has 0 radical (unpaired) electrons. The van der Waals surface area contributed by atoms with Crippen LogP contribution in [0, 0.1) is 13.8 Å². The number of hydrogen-bond acceptors (Lipinski definition) is 3. The molecule has 3 aromatic rings. The number of fused-ring (bicyclic) bond motifs is 1. The monoisotopic (exact) mass is 281 g/mol. The summed E-state index contributed by atoms with van der Waals surface area (Å²) < 4.78 is 7.63. The Hall–Kier alpha value is -2.49. The molecule has 21 heavy (non-hydrogen) atoms. The van der Waals surface area contributed by atoms with E-state index in [4.69, 9.17) is 10.5 Å². The van der Waals surface area contributed by atoms with E-state index in [1.54, 1.807) is 0 Å². The van der Waals surface area contributed by atoms with Crippen LogP contribution in [-0.2, 0) is 0 Å². The molecule has 0 aliphatic heterocycles. The number of anilines is 1. The maximum Gasteiger partial charge on any atom is 0.144 e. The van der Waals surface area contributed by atoms with Crippen molar-refractivity contribution < 1.29 is 4.74 Å². The van der Waals surface area contributed by atoms with Crippen LogP contribution in [0.5, 0.6) is 5.75 Å². The van der Waals surface area contributed by atoms with E-state index in [-0.39, 0.29) is 0 Å². The smallest absolute Gasteiger partial charge is 0.144 e. The highest BCUT2D eigenvalue weighted by Crippen LogP contribution is 2.27. The Morgan fingerprint density at radius 2 is 1.90 bits per heavy atom. The fourth-order valence-corrected chi connectivity index (χ4v) is 2.42. The van der Waals surface area contributed by atoms with Gasteiger partial charge in [0, 0.05) is 6.07 Å². The number of rotatable bonds is 3. The van der Waals surface area contributed by atoms with Crippen LogP contribution in [0.1, 0.15) is 18.1 Å². The molecule has 4 nitrogen and oxygen atoms in total. The predicted molar refractivity (Wildman–Crippen MR) is 86.1 cm³/mol. The molecular formula is C17H19N3O. The van der Waals surface area contributed by atoms with Crippen molar-refractivity contribution in [3.05, 3.63) is 47.8 Å². The van der Waals surface area contributed by atoms with Gasteiger partial charge in [-0.25, -0.2) is 4.98 Å². The lowest BCUT2D eigenvalue weighted by atomic mass is 10.1. The third kappa shape index (κ3) is 2.33. The van der Waals surface area contributed by atoms with E-state index >= 15 is 0 Å². The second kappa shape index (κ2) is 5.13. The molecule has 0 saturated heterocycles. The van der Waals surface area contributed by atoms with Gasteiger partial charge in [-0.05, 0) is 56.2 Å². The molecule has 108 valence electrons. The van der Waals surface area contributed by atoms with Crippen molar-refractivity contribution in [2.45, 2.75) is 20.8 Å². The fourth-order valence-electron chi connectivity index (χ4n) is 2.42. The number of nitrogens with zero attached hydrogens (tertiary/aromatic N) is 2. The minimum Gasteiger partial charge on any atom is -0.492 e. The van der Waals surface area contributed by atoms with Gasteiger partial charge in [-0.15, -0.1) is 0 Å². The van der Waals surface area contributed by atoms with Crippen molar-refractivity contribution in [2.24, 2.45) is 0 Å². The lowest BCUT2D eigenvalue weighted by Gasteiger charge is -2.11. The maximum absolute atomic E-state index is 5.94. The molecule has 3 rings (SSSR count). The van der Waals surface area contributed by atoms with E-state index in [2.05, 4.69) is 35.5 Å². The molecule has 0 saturated carbocycles. The van der Waals surface area contributed by atoms with Gasteiger partial charge in [0.2, 0.25) is 0 Å². The third-order valence-electron chi connectivity index (χ3n) is 3.74. The van der Waals surface area contributed by atoms with Crippen LogP contribution < -0.4 is 10.5 Å². The number of nitrogens with two attached hydrogens (primary N) is 1. The van der Waals surface area contributed by atoms with Crippen molar-refractivity contribution in [1.29, 1.82) is 0 Å². The van der Waals surface area contributed by atoms with Crippen LogP contribution in [0.4, 0.5) is 5.69 Å². The topological polar surface area (TPSA) is 53.1 Å². The number of ether oxygens (including phenoxy) is 1. The summed E-state index contributed by atoms with van der Waals surface area (Å²) in [6.07, 6.45) is 1.84. The van der Waals surface area contributed by atoms with E-state index in [9.17, 15) is 0 Å². The second-order valence-corrected chi connectivity index (χ2v) is 5.19. The molecule has 1 heterocycles. The molecule has 0 amide bonds. The number of imidazole rings is 1. The van der Waals surface area contributed by atoms with Crippen molar-refractivity contribution in [3.8, 4) is 11.4 Å². The zero-order valence-corrected chi connectivity index (χ0v) is 12.6. The first kappa shape index (κ1) is 13.5. The minimum absolute atomic E-state index is 0.594. The lowest BCUT2D eigenvalue weighted by Crippen LogP contribution is -1.99. The predicted octanol–water partition coefficient (Wildman–Crippen LogP) is 3.62. The summed E-state index contributed by atoms with van der Waals surface area (Å²) in [4.78, 5) is 4.49. The highest BCUT2D eigenvalue weighted by Gasteiger charge is 2.09. The van der Waals surface area contributed by atoms with E-state index in [0.717, 1.165) is 16.7 Å². The largest absolute Gasteiger partial charge is 0.492 e. The van der Waals surface area contributed by atoms with Gasteiger partial charge in [0.25, 0.3) is 0 Å². The lowest BCUT2D eigenvalue weighted by molar-refractivity contribution is 0.342. The Labute approximate surface area is 124 Å². The Morgan fingerprint density at radius 3 is 2.67 bits per heavy atom. The first-order valence-corrected chi connectivity index (χ1v) is 7.07. The Morgan fingerprint density at radius 1 is 1.14 bits per heavy atom.